The van der Waals surface area contributed by atoms with Crippen LogP contribution >= 0.6 is 0 Å². The summed E-state index contributed by atoms with van der Waals surface area (Å²) in [5, 5.41) is 11.7. The lowest BCUT2D eigenvalue weighted by Crippen LogP contribution is -2.08. The topological polar surface area (TPSA) is 61.6 Å². The van der Waals surface area contributed by atoms with Crippen molar-refractivity contribution in [2.45, 2.75) is 6.42 Å². The average Bonchev–Trinajstić information content (AvgIpc) is 2.39. The van der Waals surface area contributed by atoms with E-state index in [-0.39, 0.29) is 5.82 Å². The molecule has 0 saturated carbocycles. The summed E-state index contributed by atoms with van der Waals surface area (Å²) in [5.74, 6) is 0.167. The Bertz CT molecular complexity index is 577. The van der Waals surface area contributed by atoms with Crippen molar-refractivity contribution < 1.29 is 4.39 Å². The molecule has 18 heavy (non-hydrogen) atoms. The van der Waals surface area contributed by atoms with Crippen LogP contribution in [0.2, 0.25) is 0 Å². The predicted octanol–water partition coefficient (Wildman–Crippen LogP) is 2.14. The number of nitriles is 1. The highest BCUT2D eigenvalue weighted by Crippen LogP contribution is 2.05. The standard InChI is InChI=1S/C13H11FN4/c14-11-3-1-2-10(8-11)4-6-16-13-17-7-5-12(9-15)18-13/h1-3,5,7-8H,4,6H2,(H,16,17,18). The minimum atomic E-state index is -0.241. The molecule has 2 aromatic rings. The van der Waals surface area contributed by atoms with E-state index in [1.54, 1.807) is 6.07 Å². The van der Waals surface area contributed by atoms with Gasteiger partial charge in [0.15, 0.2) is 0 Å². The van der Waals surface area contributed by atoms with Crippen molar-refractivity contribution in [3.05, 3.63) is 53.6 Å². The lowest BCUT2D eigenvalue weighted by molar-refractivity contribution is 0.625. The van der Waals surface area contributed by atoms with Crippen LogP contribution in [-0.2, 0) is 6.42 Å². The fourth-order valence-electron chi connectivity index (χ4n) is 1.52. The van der Waals surface area contributed by atoms with Gasteiger partial charge in [0, 0.05) is 12.7 Å². The zero-order valence-corrected chi connectivity index (χ0v) is 9.60. The number of anilines is 1. The van der Waals surface area contributed by atoms with E-state index < -0.39 is 0 Å². The van der Waals surface area contributed by atoms with Gasteiger partial charge in [-0.3, -0.25) is 0 Å². The molecular formula is C13H11FN4. The Morgan fingerprint density at radius 3 is 3.00 bits per heavy atom. The monoisotopic (exact) mass is 242 g/mol. The van der Waals surface area contributed by atoms with E-state index in [1.165, 1.54) is 24.4 Å². The van der Waals surface area contributed by atoms with Crippen LogP contribution in [0, 0.1) is 17.1 Å². The van der Waals surface area contributed by atoms with Gasteiger partial charge in [-0.05, 0) is 30.2 Å². The highest BCUT2D eigenvalue weighted by molar-refractivity contribution is 5.30. The number of benzene rings is 1. The predicted molar refractivity (Wildman–Crippen MR) is 65.3 cm³/mol. The third kappa shape index (κ3) is 3.25. The summed E-state index contributed by atoms with van der Waals surface area (Å²) in [6.45, 7) is 0.582. The van der Waals surface area contributed by atoms with Crippen LogP contribution in [0.15, 0.2) is 36.5 Å². The van der Waals surface area contributed by atoms with E-state index in [4.69, 9.17) is 5.26 Å². The minimum absolute atomic E-state index is 0.241. The molecule has 0 unspecified atom stereocenters. The second kappa shape index (κ2) is 5.73. The Morgan fingerprint density at radius 2 is 2.22 bits per heavy atom. The largest absolute Gasteiger partial charge is 0.354 e. The lowest BCUT2D eigenvalue weighted by atomic mass is 10.1. The molecule has 0 aliphatic rings. The molecule has 1 aromatic heterocycles. The molecule has 0 atom stereocenters. The van der Waals surface area contributed by atoms with Crippen molar-refractivity contribution in [3.8, 4) is 6.07 Å². The highest BCUT2D eigenvalue weighted by Gasteiger charge is 1.99. The molecule has 0 radical (unpaired) electrons. The molecule has 5 heteroatoms. The van der Waals surface area contributed by atoms with Crippen LogP contribution in [0.3, 0.4) is 0 Å². The van der Waals surface area contributed by atoms with Crippen LogP contribution in [0.4, 0.5) is 10.3 Å². The lowest BCUT2D eigenvalue weighted by Gasteiger charge is -2.04. The van der Waals surface area contributed by atoms with Gasteiger partial charge < -0.3 is 5.32 Å². The molecule has 0 bridgehead atoms. The molecule has 1 heterocycles. The molecule has 0 saturated heterocycles. The van der Waals surface area contributed by atoms with Crippen LogP contribution in [0.1, 0.15) is 11.3 Å². The Morgan fingerprint density at radius 1 is 1.33 bits per heavy atom. The number of nitrogens with one attached hydrogen (secondary N) is 1. The van der Waals surface area contributed by atoms with Crippen molar-refractivity contribution in [2.75, 3.05) is 11.9 Å². The summed E-state index contributed by atoms with van der Waals surface area (Å²) < 4.78 is 12.9. The van der Waals surface area contributed by atoms with Gasteiger partial charge in [0.05, 0.1) is 0 Å². The van der Waals surface area contributed by atoms with E-state index in [9.17, 15) is 4.39 Å². The molecule has 0 aliphatic heterocycles. The van der Waals surface area contributed by atoms with E-state index in [1.807, 2.05) is 12.1 Å². The van der Waals surface area contributed by atoms with Crippen LogP contribution < -0.4 is 5.32 Å². The summed E-state index contributed by atoms with van der Waals surface area (Å²) in [7, 11) is 0. The van der Waals surface area contributed by atoms with Gasteiger partial charge in [0.1, 0.15) is 17.6 Å². The summed E-state index contributed by atoms with van der Waals surface area (Å²) >= 11 is 0. The van der Waals surface area contributed by atoms with Crippen LogP contribution in [-0.4, -0.2) is 16.5 Å². The first-order valence-electron chi connectivity index (χ1n) is 5.49. The molecule has 0 aliphatic carbocycles. The summed E-state index contributed by atoms with van der Waals surface area (Å²) in [6.07, 6.45) is 2.19. The Kier molecular flexibility index (Phi) is 3.82. The number of halogens is 1. The third-order valence-corrected chi connectivity index (χ3v) is 2.36. The highest BCUT2D eigenvalue weighted by atomic mass is 19.1. The van der Waals surface area contributed by atoms with Gasteiger partial charge in [-0.1, -0.05) is 12.1 Å². The van der Waals surface area contributed by atoms with Gasteiger partial charge >= 0.3 is 0 Å². The molecule has 1 aromatic carbocycles. The Balaban J connectivity index is 1.90. The minimum Gasteiger partial charge on any atom is -0.354 e. The molecule has 0 spiro atoms. The summed E-state index contributed by atoms with van der Waals surface area (Å²) in [5.41, 5.74) is 1.22. The zero-order valence-electron chi connectivity index (χ0n) is 9.60. The maximum Gasteiger partial charge on any atom is 0.223 e. The Labute approximate surface area is 104 Å². The third-order valence-electron chi connectivity index (χ3n) is 2.36. The number of aromatic nitrogens is 2. The second-order valence-corrected chi connectivity index (χ2v) is 3.68. The fraction of sp³-hybridized carbons (Fsp3) is 0.154. The first-order valence-corrected chi connectivity index (χ1v) is 5.49. The van der Waals surface area contributed by atoms with Gasteiger partial charge in [-0.25, -0.2) is 14.4 Å². The van der Waals surface area contributed by atoms with Gasteiger partial charge in [0.25, 0.3) is 0 Å². The second-order valence-electron chi connectivity index (χ2n) is 3.68. The first kappa shape index (κ1) is 12.0. The molecule has 1 N–H and O–H groups in total. The summed E-state index contributed by atoms with van der Waals surface area (Å²) in [6, 6.07) is 9.93. The van der Waals surface area contributed by atoms with Crippen LogP contribution in [0.25, 0.3) is 0 Å². The molecule has 2 rings (SSSR count). The number of nitrogens with zero attached hydrogens (tertiary/aromatic N) is 3. The Hall–Kier alpha value is -2.48. The van der Waals surface area contributed by atoms with Crippen molar-refractivity contribution >= 4 is 5.95 Å². The van der Waals surface area contributed by atoms with Crippen molar-refractivity contribution in [2.24, 2.45) is 0 Å². The van der Waals surface area contributed by atoms with Crippen molar-refractivity contribution in [3.63, 3.8) is 0 Å². The smallest absolute Gasteiger partial charge is 0.223 e. The van der Waals surface area contributed by atoms with E-state index in [0.717, 1.165) is 5.56 Å². The summed E-state index contributed by atoms with van der Waals surface area (Å²) in [4.78, 5) is 7.97. The molecule has 90 valence electrons. The maximum absolute atomic E-state index is 12.9. The average molecular weight is 242 g/mol. The van der Waals surface area contributed by atoms with Crippen LogP contribution in [0.5, 0.6) is 0 Å². The molecule has 0 amide bonds. The maximum atomic E-state index is 12.9. The molecule has 0 fully saturated rings. The van der Waals surface area contributed by atoms with Crippen molar-refractivity contribution in [1.29, 1.82) is 5.26 Å². The number of rotatable bonds is 4. The van der Waals surface area contributed by atoms with E-state index in [2.05, 4.69) is 15.3 Å². The molecule has 4 nitrogen and oxygen atoms in total. The fourth-order valence-corrected chi connectivity index (χ4v) is 1.52. The number of hydrogen-bond donors (Lipinski definition) is 1. The van der Waals surface area contributed by atoms with Gasteiger partial charge in [-0.15, -0.1) is 0 Å². The first-order chi connectivity index (χ1) is 8.78. The SMILES string of the molecule is N#Cc1ccnc(NCCc2cccc(F)c2)n1. The normalized spacial score (nSPS) is 9.78. The molecular weight excluding hydrogens is 231 g/mol. The van der Waals surface area contributed by atoms with E-state index in [0.29, 0.717) is 24.6 Å². The van der Waals surface area contributed by atoms with E-state index >= 15 is 0 Å². The zero-order chi connectivity index (χ0) is 12.8. The quantitative estimate of drug-likeness (QED) is 0.892. The van der Waals surface area contributed by atoms with Crippen molar-refractivity contribution in [1.82, 2.24) is 9.97 Å². The number of hydrogen-bond acceptors (Lipinski definition) is 4. The van der Waals surface area contributed by atoms with Gasteiger partial charge in [0.2, 0.25) is 5.95 Å². The van der Waals surface area contributed by atoms with Gasteiger partial charge in [-0.2, -0.15) is 5.26 Å².